The van der Waals surface area contributed by atoms with Crippen LogP contribution < -0.4 is 10.1 Å². The highest BCUT2D eigenvalue weighted by atomic mass is 35.5. The van der Waals surface area contributed by atoms with Crippen molar-refractivity contribution in [3.63, 3.8) is 0 Å². The molecule has 0 saturated carbocycles. The molecule has 0 aliphatic rings. The topological polar surface area (TPSA) is 84.2 Å². The summed E-state index contributed by atoms with van der Waals surface area (Å²) in [5.74, 6) is 0.371. The lowest BCUT2D eigenvalue weighted by molar-refractivity contribution is -0.150. The van der Waals surface area contributed by atoms with E-state index in [4.69, 9.17) is 21.1 Å². The van der Waals surface area contributed by atoms with E-state index in [2.05, 4.69) is 10.3 Å². The van der Waals surface area contributed by atoms with Crippen LogP contribution in [0.2, 0.25) is 0 Å². The molecule has 7 heteroatoms. The number of allylic oxidation sites excluding steroid dienone is 1. The number of nitrogens with one attached hydrogen (secondary N) is 1. The number of aromatic nitrogens is 1. The molecule has 0 aliphatic carbocycles. The van der Waals surface area contributed by atoms with Crippen LogP contribution in [0.15, 0.2) is 59.6 Å². The molecule has 0 amide bonds. The van der Waals surface area contributed by atoms with Crippen molar-refractivity contribution in [2.24, 2.45) is 5.92 Å². The Hall–Kier alpha value is -2.88. The summed E-state index contributed by atoms with van der Waals surface area (Å²) in [6.07, 6.45) is 0.618. The normalized spacial score (nSPS) is 13.4. The van der Waals surface area contributed by atoms with Crippen molar-refractivity contribution in [1.82, 2.24) is 10.3 Å². The molecule has 0 spiro atoms. The Morgan fingerprint density at radius 2 is 1.97 bits per heavy atom. The van der Waals surface area contributed by atoms with Gasteiger partial charge in [-0.25, -0.2) is 4.98 Å². The van der Waals surface area contributed by atoms with Crippen molar-refractivity contribution in [2.75, 3.05) is 6.54 Å². The highest BCUT2D eigenvalue weighted by Gasteiger charge is 2.27. The van der Waals surface area contributed by atoms with Gasteiger partial charge in [0.2, 0.25) is 12.0 Å². The van der Waals surface area contributed by atoms with Crippen LogP contribution in [0.1, 0.15) is 32.6 Å². The minimum absolute atomic E-state index is 0.0356. The fourth-order valence-corrected chi connectivity index (χ4v) is 2.58. The number of para-hydroxylation sites is 1. The number of nitrogens with zero attached hydrogens (tertiary/aromatic N) is 2. The van der Waals surface area contributed by atoms with E-state index in [1.54, 1.807) is 43.3 Å². The highest BCUT2D eigenvalue weighted by molar-refractivity contribution is 6.29. The van der Waals surface area contributed by atoms with E-state index in [1.807, 2.05) is 38.1 Å². The summed E-state index contributed by atoms with van der Waals surface area (Å²) >= 11 is 5.82. The van der Waals surface area contributed by atoms with Crippen molar-refractivity contribution in [3.05, 3.63) is 65.3 Å². The monoisotopic (exact) mass is 413 g/mol. The molecule has 2 rings (SSSR count). The highest BCUT2D eigenvalue weighted by Crippen LogP contribution is 2.23. The third kappa shape index (κ3) is 7.22. The lowest BCUT2D eigenvalue weighted by Gasteiger charge is -2.22. The minimum Gasteiger partial charge on any atom is -0.439 e. The minimum atomic E-state index is -1.14. The van der Waals surface area contributed by atoms with Gasteiger partial charge in [-0.2, -0.15) is 5.26 Å². The third-order valence-corrected chi connectivity index (χ3v) is 4.13. The first-order valence-electron chi connectivity index (χ1n) is 9.26. The zero-order valence-electron chi connectivity index (χ0n) is 16.6. The van der Waals surface area contributed by atoms with Gasteiger partial charge in [0.25, 0.3) is 0 Å². The summed E-state index contributed by atoms with van der Waals surface area (Å²) in [5.41, 5.74) is 0.299. The first-order valence-corrected chi connectivity index (χ1v) is 9.64. The molecule has 2 unspecified atom stereocenters. The van der Waals surface area contributed by atoms with Crippen molar-refractivity contribution in [3.8, 4) is 17.7 Å². The SMILES string of the molecule is CC(Cl)=CCNC(C(=O)OC(C#N)c1cccc(Oc2ccccc2)n1)C(C)C. The number of carbonyl (C=O) groups is 1. The molecule has 29 heavy (non-hydrogen) atoms. The maximum absolute atomic E-state index is 12.6. The predicted octanol–water partition coefficient (Wildman–Crippen LogP) is 4.74. The van der Waals surface area contributed by atoms with Crippen molar-refractivity contribution >= 4 is 17.6 Å². The number of ether oxygens (including phenoxy) is 2. The van der Waals surface area contributed by atoms with E-state index in [9.17, 15) is 10.1 Å². The Morgan fingerprint density at radius 1 is 1.24 bits per heavy atom. The number of hydrogen-bond acceptors (Lipinski definition) is 6. The molecule has 0 radical (unpaired) electrons. The average molecular weight is 414 g/mol. The van der Waals surface area contributed by atoms with Crippen LogP contribution in [0.3, 0.4) is 0 Å². The van der Waals surface area contributed by atoms with E-state index in [0.717, 1.165) is 0 Å². The molecule has 1 heterocycles. The molecule has 0 aliphatic heterocycles. The van der Waals surface area contributed by atoms with Gasteiger partial charge in [0, 0.05) is 17.6 Å². The van der Waals surface area contributed by atoms with E-state index >= 15 is 0 Å². The zero-order chi connectivity index (χ0) is 21.2. The fraction of sp³-hybridized carbons (Fsp3) is 0.318. The standard InChI is InChI=1S/C22H24ClN3O3/c1-15(2)21(25-13-12-16(3)23)22(27)29-19(14-24)18-10-7-11-20(26-18)28-17-8-5-4-6-9-17/h4-12,15,19,21,25H,13H2,1-3H3. The fourth-order valence-electron chi connectivity index (χ4n) is 2.50. The maximum atomic E-state index is 12.6. The van der Waals surface area contributed by atoms with E-state index in [-0.39, 0.29) is 5.92 Å². The van der Waals surface area contributed by atoms with Crippen LogP contribution in [-0.2, 0) is 9.53 Å². The zero-order valence-corrected chi connectivity index (χ0v) is 17.4. The van der Waals surface area contributed by atoms with Gasteiger partial charge >= 0.3 is 5.97 Å². The molecular formula is C22H24ClN3O3. The number of carbonyl (C=O) groups excluding carboxylic acids is 1. The molecule has 0 fully saturated rings. The maximum Gasteiger partial charge on any atom is 0.325 e. The van der Waals surface area contributed by atoms with Gasteiger partial charge < -0.3 is 14.8 Å². The summed E-state index contributed by atoms with van der Waals surface area (Å²) in [6, 6.07) is 15.6. The van der Waals surface area contributed by atoms with Gasteiger partial charge in [-0.1, -0.05) is 55.8 Å². The van der Waals surface area contributed by atoms with E-state index in [1.165, 1.54) is 0 Å². The Labute approximate surface area is 176 Å². The van der Waals surface area contributed by atoms with Gasteiger partial charge in [0.15, 0.2) is 0 Å². The Morgan fingerprint density at radius 3 is 2.59 bits per heavy atom. The molecule has 1 aromatic carbocycles. The third-order valence-electron chi connectivity index (χ3n) is 3.97. The van der Waals surface area contributed by atoms with Gasteiger partial charge in [0.05, 0.1) is 5.69 Å². The molecular weight excluding hydrogens is 390 g/mol. The molecule has 0 saturated heterocycles. The predicted molar refractivity (Wildman–Crippen MR) is 111 cm³/mol. The Bertz CT molecular complexity index is 874. The van der Waals surface area contributed by atoms with Gasteiger partial charge in [-0.05, 0) is 31.0 Å². The molecule has 2 atom stereocenters. The second-order valence-corrected chi connectivity index (χ2v) is 7.28. The van der Waals surface area contributed by atoms with Crippen LogP contribution >= 0.6 is 11.6 Å². The first kappa shape index (κ1) is 22.4. The molecule has 6 nitrogen and oxygen atoms in total. The molecule has 1 aromatic heterocycles. The van der Waals surface area contributed by atoms with Crippen LogP contribution in [0, 0.1) is 17.2 Å². The molecule has 2 aromatic rings. The number of pyridine rings is 1. The second-order valence-electron chi connectivity index (χ2n) is 6.68. The van der Waals surface area contributed by atoms with Crippen molar-refractivity contribution < 1.29 is 14.3 Å². The van der Waals surface area contributed by atoms with Crippen LogP contribution in [-0.4, -0.2) is 23.5 Å². The van der Waals surface area contributed by atoms with Crippen molar-refractivity contribution in [1.29, 1.82) is 5.26 Å². The molecule has 0 bridgehead atoms. The molecule has 152 valence electrons. The molecule has 1 N–H and O–H groups in total. The van der Waals surface area contributed by atoms with Gasteiger partial charge in [0.1, 0.15) is 17.9 Å². The number of hydrogen-bond donors (Lipinski definition) is 1. The lowest BCUT2D eigenvalue weighted by Crippen LogP contribution is -2.42. The van der Waals surface area contributed by atoms with Crippen LogP contribution in [0.25, 0.3) is 0 Å². The summed E-state index contributed by atoms with van der Waals surface area (Å²) in [4.78, 5) is 16.9. The van der Waals surface area contributed by atoms with Gasteiger partial charge in [-0.15, -0.1) is 0 Å². The Kier molecular flexibility index (Phi) is 8.66. The summed E-state index contributed by atoms with van der Waals surface area (Å²) in [6.45, 7) is 5.96. The lowest BCUT2D eigenvalue weighted by atomic mass is 10.0. The summed E-state index contributed by atoms with van der Waals surface area (Å²) < 4.78 is 11.1. The average Bonchev–Trinajstić information content (AvgIpc) is 2.69. The van der Waals surface area contributed by atoms with E-state index in [0.29, 0.717) is 28.9 Å². The number of rotatable bonds is 9. The van der Waals surface area contributed by atoms with Crippen LogP contribution in [0.4, 0.5) is 0 Å². The van der Waals surface area contributed by atoms with Gasteiger partial charge in [-0.3, -0.25) is 4.79 Å². The first-order chi connectivity index (χ1) is 13.9. The van der Waals surface area contributed by atoms with E-state index < -0.39 is 18.1 Å². The summed E-state index contributed by atoms with van der Waals surface area (Å²) in [7, 11) is 0. The number of esters is 1. The second kappa shape index (κ2) is 11.2. The van der Waals surface area contributed by atoms with Crippen LogP contribution in [0.5, 0.6) is 11.6 Å². The smallest absolute Gasteiger partial charge is 0.325 e. The summed E-state index contributed by atoms with van der Waals surface area (Å²) in [5, 5.41) is 13.2. The Balaban J connectivity index is 2.10. The largest absolute Gasteiger partial charge is 0.439 e. The number of benzene rings is 1. The quantitative estimate of drug-likeness (QED) is 0.598. The number of nitriles is 1. The van der Waals surface area contributed by atoms with Crippen molar-refractivity contribution in [2.45, 2.75) is 32.9 Å². The number of halogens is 1.